The van der Waals surface area contributed by atoms with E-state index in [1.165, 1.54) is 6.07 Å². The van der Waals surface area contributed by atoms with Crippen molar-refractivity contribution >= 4 is 22.9 Å². The molecule has 1 aliphatic carbocycles. The smallest absolute Gasteiger partial charge is 0.343 e. The van der Waals surface area contributed by atoms with Crippen LogP contribution < -0.4 is 9.86 Å². The molecule has 2 unspecified atom stereocenters. The SMILES string of the molecule is Cc1c(S(N)=O)cc(-c2ccc(SNC(C)C(F)(F)F)c(C(F)(F)F)c2)n1CC1CCCCC1. The normalized spacial score (nSPS) is 17.7. The molecule has 34 heavy (non-hydrogen) atoms. The van der Waals surface area contributed by atoms with Gasteiger partial charge in [-0.05, 0) is 68.3 Å². The van der Waals surface area contributed by atoms with Crippen molar-refractivity contribution in [3.63, 3.8) is 0 Å². The topological polar surface area (TPSA) is 60.1 Å². The molecule has 1 aromatic carbocycles. The average Bonchev–Trinajstić information content (AvgIpc) is 3.07. The summed E-state index contributed by atoms with van der Waals surface area (Å²) in [5.74, 6) is 0.350. The van der Waals surface area contributed by atoms with Crippen molar-refractivity contribution in [3.05, 3.63) is 35.5 Å². The Hall–Kier alpha value is -1.50. The molecule has 190 valence electrons. The van der Waals surface area contributed by atoms with Gasteiger partial charge in [0.05, 0.1) is 10.5 Å². The molecule has 1 saturated carbocycles. The number of nitrogens with zero attached hydrogens (tertiary/aromatic N) is 1. The van der Waals surface area contributed by atoms with Crippen LogP contribution in [0.4, 0.5) is 26.3 Å². The summed E-state index contributed by atoms with van der Waals surface area (Å²) in [6.07, 6.45) is -4.03. The Morgan fingerprint density at radius 1 is 1.15 bits per heavy atom. The van der Waals surface area contributed by atoms with Gasteiger partial charge in [0.15, 0.2) is 0 Å². The molecule has 0 aliphatic heterocycles. The Balaban J connectivity index is 2.01. The number of benzene rings is 1. The van der Waals surface area contributed by atoms with Crippen molar-refractivity contribution in [1.29, 1.82) is 0 Å². The van der Waals surface area contributed by atoms with Crippen LogP contribution in [0, 0.1) is 12.8 Å². The van der Waals surface area contributed by atoms with Crippen LogP contribution >= 0.6 is 11.9 Å². The van der Waals surface area contributed by atoms with E-state index >= 15 is 0 Å². The number of aromatic nitrogens is 1. The van der Waals surface area contributed by atoms with Crippen molar-refractivity contribution in [1.82, 2.24) is 9.29 Å². The van der Waals surface area contributed by atoms with Gasteiger partial charge in [0.25, 0.3) is 0 Å². The van der Waals surface area contributed by atoms with Crippen LogP contribution in [0.2, 0.25) is 0 Å². The molecule has 0 radical (unpaired) electrons. The fourth-order valence-electron chi connectivity index (χ4n) is 4.14. The monoisotopic (exact) mass is 527 g/mol. The molecule has 0 spiro atoms. The van der Waals surface area contributed by atoms with Gasteiger partial charge in [0.2, 0.25) is 0 Å². The zero-order valence-electron chi connectivity index (χ0n) is 18.7. The first-order valence-corrected chi connectivity index (χ1v) is 12.9. The van der Waals surface area contributed by atoms with Crippen LogP contribution in [0.1, 0.15) is 50.3 Å². The van der Waals surface area contributed by atoms with Gasteiger partial charge in [-0.25, -0.2) is 14.1 Å². The number of nitrogens with two attached hydrogens (primary N) is 1. The average molecular weight is 528 g/mol. The predicted octanol–water partition coefficient (Wildman–Crippen LogP) is 6.59. The highest BCUT2D eigenvalue weighted by atomic mass is 32.2. The van der Waals surface area contributed by atoms with E-state index in [2.05, 4.69) is 0 Å². The Morgan fingerprint density at radius 3 is 2.35 bits per heavy atom. The molecule has 4 nitrogen and oxygen atoms in total. The summed E-state index contributed by atoms with van der Waals surface area (Å²) < 4.78 is 95.8. The van der Waals surface area contributed by atoms with Crippen LogP contribution in [-0.4, -0.2) is 21.0 Å². The summed E-state index contributed by atoms with van der Waals surface area (Å²) in [5.41, 5.74) is 0.274. The predicted molar refractivity (Wildman–Crippen MR) is 121 cm³/mol. The minimum atomic E-state index is -4.78. The van der Waals surface area contributed by atoms with Crippen molar-refractivity contribution in [2.75, 3.05) is 0 Å². The summed E-state index contributed by atoms with van der Waals surface area (Å²) in [6, 6.07) is 3.08. The van der Waals surface area contributed by atoms with Gasteiger partial charge in [0.1, 0.15) is 17.0 Å². The summed E-state index contributed by atoms with van der Waals surface area (Å²) in [6.45, 7) is 3.15. The second-order valence-corrected chi connectivity index (χ2v) is 10.5. The Bertz CT molecular complexity index is 1030. The lowest BCUT2D eigenvalue weighted by Gasteiger charge is -2.24. The molecule has 0 bridgehead atoms. The molecular formula is C22H27F6N3OS2. The first-order valence-electron chi connectivity index (χ1n) is 10.9. The maximum atomic E-state index is 13.8. The van der Waals surface area contributed by atoms with Crippen LogP contribution in [-0.2, 0) is 23.7 Å². The zero-order chi connectivity index (χ0) is 25.3. The van der Waals surface area contributed by atoms with Crippen LogP contribution in [0.5, 0.6) is 0 Å². The molecule has 2 aromatic rings. The maximum absolute atomic E-state index is 13.8. The molecule has 12 heteroatoms. The van der Waals surface area contributed by atoms with E-state index in [0.29, 0.717) is 40.7 Å². The van der Waals surface area contributed by atoms with E-state index in [1.54, 1.807) is 13.0 Å². The summed E-state index contributed by atoms with van der Waals surface area (Å²) in [7, 11) is -1.82. The second-order valence-electron chi connectivity index (χ2n) is 8.58. The summed E-state index contributed by atoms with van der Waals surface area (Å²) >= 11 is 0.293. The van der Waals surface area contributed by atoms with Crippen molar-refractivity contribution in [2.45, 2.75) is 80.7 Å². The molecule has 3 N–H and O–H groups in total. The van der Waals surface area contributed by atoms with Gasteiger partial charge in [0, 0.05) is 22.8 Å². The van der Waals surface area contributed by atoms with Gasteiger partial charge in [-0.3, -0.25) is 0 Å². The van der Waals surface area contributed by atoms with E-state index < -0.39 is 34.9 Å². The van der Waals surface area contributed by atoms with Crippen LogP contribution in [0.15, 0.2) is 34.1 Å². The van der Waals surface area contributed by atoms with E-state index in [-0.39, 0.29) is 10.5 Å². The number of nitrogens with one attached hydrogen (secondary N) is 1. The standard InChI is InChI=1S/C22H27F6N3OS2/c1-13-20(34(29)32)11-18(31(13)12-15-6-4-3-5-7-15)16-8-9-19(17(10-16)22(26,27)28)33-30-14(2)21(23,24)25/h8-11,14-15,30H,3-7,12,29H2,1-2H3. The van der Waals surface area contributed by atoms with Gasteiger partial charge in [-0.1, -0.05) is 25.3 Å². The Morgan fingerprint density at radius 2 is 1.79 bits per heavy atom. The third-order valence-electron chi connectivity index (χ3n) is 6.12. The number of hydrogen-bond acceptors (Lipinski definition) is 3. The van der Waals surface area contributed by atoms with Crippen LogP contribution in [0.3, 0.4) is 0 Å². The molecule has 0 amide bonds. The van der Waals surface area contributed by atoms with Crippen LogP contribution in [0.25, 0.3) is 11.3 Å². The molecule has 1 aromatic heterocycles. The highest BCUT2D eigenvalue weighted by Crippen LogP contribution is 2.40. The second kappa shape index (κ2) is 10.6. The van der Waals surface area contributed by atoms with Gasteiger partial charge < -0.3 is 4.57 Å². The summed E-state index contributed by atoms with van der Waals surface area (Å²) in [5, 5.41) is 5.61. The van der Waals surface area contributed by atoms with Gasteiger partial charge in [-0.2, -0.15) is 26.3 Å². The maximum Gasteiger partial charge on any atom is 0.417 e. The molecule has 3 rings (SSSR count). The summed E-state index contributed by atoms with van der Waals surface area (Å²) in [4.78, 5) is -0.0180. The fraction of sp³-hybridized carbons (Fsp3) is 0.545. The highest BCUT2D eigenvalue weighted by Gasteiger charge is 2.38. The number of halogens is 6. The molecule has 1 heterocycles. The minimum Gasteiger partial charge on any atom is -0.343 e. The van der Waals surface area contributed by atoms with Crippen molar-refractivity contribution < 1.29 is 30.6 Å². The third kappa shape index (κ3) is 6.38. The third-order valence-corrected chi connectivity index (χ3v) is 8.01. The highest BCUT2D eigenvalue weighted by molar-refractivity contribution is 7.97. The molecule has 2 atom stereocenters. The Kier molecular flexibility index (Phi) is 8.47. The van der Waals surface area contributed by atoms with Gasteiger partial charge >= 0.3 is 12.4 Å². The lowest BCUT2D eigenvalue weighted by molar-refractivity contribution is -0.146. The van der Waals surface area contributed by atoms with Gasteiger partial charge in [-0.15, -0.1) is 0 Å². The van der Waals surface area contributed by atoms with Crippen molar-refractivity contribution in [2.24, 2.45) is 11.1 Å². The largest absolute Gasteiger partial charge is 0.417 e. The quantitative estimate of drug-likeness (QED) is 0.315. The molecule has 0 saturated heterocycles. The van der Waals surface area contributed by atoms with Crippen molar-refractivity contribution in [3.8, 4) is 11.3 Å². The van der Waals surface area contributed by atoms with E-state index in [9.17, 15) is 30.6 Å². The number of alkyl halides is 6. The first kappa shape index (κ1) is 27.1. The Labute approximate surface area is 201 Å². The van der Waals surface area contributed by atoms with E-state index in [1.807, 2.05) is 9.29 Å². The van der Waals surface area contributed by atoms with E-state index in [4.69, 9.17) is 5.14 Å². The van der Waals surface area contributed by atoms with E-state index in [0.717, 1.165) is 51.2 Å². The first-order chi connectivity index (χ1) is 15.8. The lowest BCUT2D eigenvalue weighted by atomic mass is 9.89. The molecule has 1 aliphatic rings. The number of rotatable bonds is 7. The molecular weight excluding hydrogens is 500 g/mol. The zero-order valence-corrected chi connectivity index (χ0v) is 20.4. The lowest BCUT2D eigenvalue weighted by Crippen LogP contribution is -2.35. The fourth-order valence-corrected chi connectivity index (χ4v) is 5.63. The molecule has 1 fully saturated rings. The minimum absolute atomic E-state index is 0.233. The number of hydrogen-bond donors (Lipinski definition) is 2.